The third kappa shape index (κ3) is 3.56. The number of amides is 1. The van der Waals surface area contributed by atoms with Gasteiger partial charge < -0.3 is 10.4 Å². The Morgan fingerprint density at radius 3 is 2.56 bits per heavy atom. The van der Waals surface area contributed by atoms with Gasteiger partial charge in [0.15, 0.2) is 0 Å². The summed E-state index contributed by atoms with van der Waals surface area (Å²) < 4.78 is 26.3. The van der Waals surface area contributed by atoms with Crippen molar-refractivity contribution < 1.29 is 23.5 Å². The Kier molecular flexibility index (Phi) is 4.38. The lowest BCUT2D eigenvalue weighted by Crippen LogP contribution is -2.19. The van der Waals surface area contributed by atoms with E-state index in [1.165, 1.54) is 6.92 Å². The summed E-state index contributed by atoms with van der Waals surface area (Å²) in [7, 11) is 0. The zero-order valence-electron chi connectivity index (χ0n) is 9.38. The monoisotopic (exact) mass is 253 g/mol. The predicted octanol–water partition coefficient (Wildman–Crippen LogP) is 1.15. The molecule has 0 aliphatic rings. The van der Waals surface area contributed by atoms with Crippen molar-refractivity contribution in [1.29, 1.82) is 0 Å². The van der Waals surface area contributed by atoms with E-state index in [9.17, 15) is 18.4 Å². The Morgan fingerprint density at radius 2 is 2.00 bits per heavy atom. The molecule has 0 aromatic heterocycles. The summed E-state index contributed by atoms with van der Waals surface area (Å²) in [5.74, 6) is 0.834. The molecule has 0 saturated heterocycles. The average Bonchev–Trinajstić information content (AvgIpc) is 2.25. The van der Waals surface area contributed by atoms with Gasteiger partial charge in [-0.1, -0.05) is 11.8 Å². The minimum absolute atomic E-state index is 0.00540. The van der Waals surface area contributed by atoms with Gasteiger partial charge in [0.25, 0.3) is 0 Å². The summed E-state index contributed by atoms with van der Waals surface area (Å²) in [6.45, 7) is 1.29. The number of carboxylic acids is 1. The van der Waals surface area contributed by atoms with Crippen LogP contribution < -0.4 is 5.32 Å². The van der Waals surface area contributed by atoms with Crippen LogP contribution in [0.25, 0.3) is 0 Å². The van der Waals surface area contributed by atoms with Crippen molar-refractivity contribution in [3.63, 3.8) is 0 Å². The molecule has 0 radical (unpaired) electrons. The molecule has 1 rings (SSSR count). The predicted molar refractivity (Wildman–Crippen MR) is 58.9 cm³/mol. The van der Waals surface area contributed by atoms with Crippen LogP contribution in [-0.2, 0) is 4.79 Å². The van der Waals surface area contributed by atoms with Crippen molar-refractivity contribution in [3.8, 4) is 11.8 Å². The van der Waals surface area contributed by atoms with E-state index in [1.54, 1.807) is 0 Å². The van der Waals surface area contributed by atoms with Gasteiger partial charge in [0.2, 0.25) is 5.91 Å². The van der Waals surface area contributed by atoms with E-state index in [-0.39, 0.29) is 18.0 Å². The first-order chi connectivity index (χ1) is 8.41. The highest BCUT2D eigenvalue weighted by atomic mass is 19.1. The zero-order valence-corrected chi connectivity index (χ0v) is 9.38. The minimum Gasteiger partial charge on any atom is -0.478 e. The topological polar surface area (TPSA) is 66.4 Å². The maximum Gasteiger partial charge on any atom is 0.338 e. The van der Waals surface area contributed by atoms with E-state index in [4.69, 9.17) is 5.11 Å². The van der Waals surface area contributed by atoms with E-state index >= 15 is 0 Å². The number of aromatic carboxylic acids is 1. The van der Waals surface area contributed by atoms with Gasteiger partial charge >= 0.3 is 5.97 Å². The summed E-state index contributed by atoms with van der Waals surface area (Å²) in [5.41, 5.74) is -0.889. The summed E-state index contributed by atoms with van der Waals surface area (Å²) in [4.78, 5) is 21.2. The highest BCUT2D eigenvalue weighted by Gasteiger charge is 2.13. The van der Waals surface area contributed by atoms with Gasteiger partial charge in [-0.3, -0.25) is 4.79 Å². The first kappa shape index (κ1) is 13.6. The Balaban J connectivity index is 2.98. The van der Waals surface area contributed by atoms with Crippen molar-refractivity contribution in [2.24, 2.45) is 0 Å². The molecule has 18 heavy (non-hydrogen) atoms. The molecule has 4 nitrogen and oxygen atoms in total. The summed E-state index contributed by atoms with van der Waals surface area (Å²) in [5, 5.41) is 11.0. The molecule has 0 bridgehead atoms. The molecular formula is C12H9F2NO3. The van der Waals surface area contributed by atoms with Crippen molar-refractivity contribution in [2.75, 3.05) is 6.54 Å². The number of halogens is 2. The van der Waals surface area contributed by atoms with E-state index in [2.05, 4.69) is 17.2 Å². The number of nitrogens with one attached hydrogen (secondary N) is 1. The fourth-order valence-electron chi connectivity index (χ4n) is 1.12. The molecule has 0 fully saturated rings. The standard InChI is InChI=1S/C12H9F2NO3/c1-7(16)15-4-2-3-8-5-9(12(17)18)11(14)6-10(8)13/h5-6H,4H2,1H3,(H,15,16)(H,17,18). The van der Waals surface area contributed by atoms with Gasteiger partial charge in [0, 0.05) is 13.0 Å². The molecule has 6 heteroatoms. The van der Waals surface area contributed by atoms with Gasteiger partial charge in [-0.2, -0.15) is 0 Å². The maximum absolute atomic E-state index is 13.3. The van der Waals surface area contributed by atoms with Gasteiger partial charge in [-0.25, -0.2) is 13.6 Å². The Bertz CT molecular complexity index is 558. The maximum atomic E-state index is 13.3. The quantitative estimate of drug-likeness (QED) is 0.777. The second-order valence-electron chi connectivity index (χ2n) is 3.33. The Hall–Kier alpha value is -2.42. The number of benzene rings is 1. The van der Waals surface area contributed by atoms with Gasteiger partial charge in [0.05, 0.1) is 17.7 Å². The lowest BCUT2D eigenvalue weighted by atomic mass is 10.1. The lowest BCUT2D eigenvalue weighted by Gasteiger charge is -2.00. The normalized spacial score (nSPS) is 9.28. The highest BCUT2D eigenvalue weighted by Crippen LogP contribution is 2.14. The van der Waals surface area contributed by atoms with Crippen molar-refractivity contribution in [3.05, 3.63) is 34.9 Å². The molecule has 0 unspecified atom stereocenters. The van der Waals surface area contributed by atoms with Crippen LogP contribution in [0.2, 0.25) is 0 Å². The van der Waals surface area contributed by atoms with Crippen LogP contribution in [0.4, 0.5) is 8.78 Å². The Morgan fingerprint density at radius 1 is 1.33 bits per heavy atom. The number of carbonyl (C=O) groups is 2. The van der Waals surface area contributed by atoms with Crippen LogP contribution in [0.5, 0.6) is 0 Å². The van der Waals surface area contributed by atoms with Gasteiger partial charge in [0.1, 0.15) is 11.6 Å². The molecule has 0 aliphatic heterocycles. The molecule has 0 saturated carbocycles. The fraction of sp³-hybridized carbons (Fsp3) is 0.167. The van der Waals surface area contributed by atoms with Crippen molar-refractivity contribution in [1.82, 2.24) is 5.32 Å². The molecule has 1 aromatic rings. The first-order valence-electron chi connectivity index (χ1n) is 4.87. The molecular weight excluding hydrogens is 244 g/mol. The average molecular weight is 253 g/mol. The molecule has 0 aliphatic carbocycles. The smallest absolute Gasteiger partial charge is 0.338 e. The van der Waals surface area contributed by atoms with E-state index < -0.39 is 23.2 Å². The summed E-state index contributed by atoms with van der Waals surface area (Å²) in [6, 6.07) is 1.28. The van der Waals surface area contributed by atoms with E-state index in [0.29, 0.717) is 6.07 Å². The van der Waals surface area contributed by atoms with E-state index in [1.807, 2.05) is 0 Å². The number of hydrogen-bond donors (Lipinski definition) is 2. The van der Waals surface area contributed by atoms with Crippen LogP contribution in [-0.4, -0.2) is 23.5 Å². The Labute approximate surface area is 102 Å². The van der Waals surface area contributed by atoms with Crippen LogP contribution in [0.1, 0.15) is 22.8 Å². The van der Waals surface area contributed by atoms with Gasteiger partial charge in [-0.15, -0.1) is 0 Å². The number of rotatable bonds is 2. The molecule has 0 atom stereocenters. The van der Waals surface area contributed by atoms with Crippen LogP contribution >= 0.6 is 0 Å². The first-order valence-corrected chi connectivity index (χ1v) is 4.87. The fourth-order valence-corrected chi connectivity index (χ4v) is 1.12. The molecule has 2 N–H and O–H groups in total. The van der Waals surface area contributed by atoms with E-state index in [0.717, 1.165) is 6.07 Å². The number of hydrogen-bond acceptors (Lipinski definition) is 2. The summed E-state index contributed by atoms with van der Waals surface area (Å²) >= 11 is 0. The number of carboxylic acid groups (broad SMARTS) is 1. The lowest BCUT2D eigenvalue weighted by molar-refractivity contribution is -0.118. The zero-order chi connectivity index (χ0) is 13.7. The third-order valence-electron chi connectivity index (χ3n) is 1.94. The molecule has 1 aromatic carbocycles. The van der Waals surface area contributed by atoms with Crippen LogP contribution in [0.3, 0.4) is 0 Å². The number of carbonyl (C=O) groups excluding carboxylic acids is 1. The van der Waals surface area contributed by atoms with Crippen LogP contribution in [0.15, 0.2) is 12.1 Å². The highest BCUT2D eigenvalue weighted by molar-refractivity contribution is 5.88. The molecule has 0 spiro atoms. The molecule has 94 valence electrons. The minimum atomic E-state index is -1.50. The van der Waals surface area contributed by atoms with Crippen LogP contribution in [0, 0.1) is 23.5 Å². The second-order valence-corrected chi connectivity index (χ2v) is 3.33. The largest absolute Gasteiger partial charge is 0.478 e. The second kappa shape index (κ2) is 5.77. The van der Waals surface area contributed by atoms with Crippen molar-refractivity contribution in [2.45, 2.75) is 6.92 Å². The van der Waals surface area contributed by atoms with Gasteiger partial charge in [-0.05, 0) is 6.07 Å². The third-order valence-corrected chi connectivity index (χ3v) is 1.94. The molecule has 0 heterocycles. The molecule has 1 amide bonds. The SMILES string of the molecule is CC(=O)NCC#Cc1cc(C(=O)O)c(F)cc1F. The van der Waals surface area contributed by atoms with Crippen molar-refractivity contribution >= 4 is 11.9 Å². The summed E-state index contributed by atoms with van der Waals surface area (Å²) in [6.07, 6.45) is 0.